The Kier molecular flexibility index (Phi) is 6.04. The molecule has 7 heteroatoms. The summed E-state index contributed by atoms with van der Waals surface area (Å²) in [4.78, 5) is 15.1. The van der Waals surface area contributed by atoms with Crippen molar-refractivity contribution < 1.29 is 13.2 Å². The average molecular weight is 406 g/mol. The zero-order valence-corrected chi connectivity index (χ0v) is 17.3. The first-order valence-electron chi connectivity index (χ1n) is 10.7. The van der Waals surface area contributed by atoms with Crippen molar-refractivity contribution in [3.8, 4) is 0 Å². The van der Waals surface area contributed by atoms with E-state index in [9.17, 15) is 13.2 Å². The van der Waals surface area contributed by atoms with Crippen LogP contribution in [0.4, 0.5) is 5.69 Å². The lowest BCUT2D eigenvalue weighted by Gasteiger charge is -2.21. The van der Waals surface area contributed by atoms with E-state index < -0.39 is 10.0 Å². The van der Waals surface area contributed by atoms with Gasteiger partial charge in [0.1, 0.15) is 0 Å². The van der Waals surface area contributed by atoms with Gasteiger partial charge in [-0.15, -0.1) is 0 Å². The van der Waals surface area contributed by atoms with Crippen LogP contribution in [0.5, 0.6) is 0 Å². The molecule has 1 aliphatic heterocycles. The highest BCUT2D eigenvalue weighted by molar-refractivity contribution is 7.89. The maximum Gasteiger partial charge on any atom is 0.243 e. The Morgan fingerprint density at radius 3 is 2.21 bits per heavy atom. The molecule has 3 fully saturated rings. The number of nitrogens with zero attached hydrogens (tertiary/aromatic N) is 2. The molecule has 4 rings (SSSR count). The van der Waals surface area contributed by atoms with E-state index in [0.717, 1.165) is 38.1 Å². The van der Waals surface area contributed by atoms with Crippen molar-refractivity contribution in [3.63, 3.8) is 0 Å². The van der Waals surface area contributed by atoms with Crippen LogP contribution in [0.2, 0.25) is 0 Å². The fourth-order valence-corrected chi connectivity index (χ4v) is 5.46. The monoisotopic (exact) mass is 405 g/mol. The highest BCUT2D eigenvalue weighted by Crippen LogP contribution is 2.34. The van der Waals surface area contributed by atoms with E-state index in [0.29, 0.717) is 36.3 Å². The van der Waals surface area contributed by atoms with Crippen LogP contribution < -0.4 is 5.32 Å². The van der Waals surface area contributed by atoms with Crippen molar-refractivity contribution in [2.75, 3.05) is 31.5 Å². The molecule has 1 N–H and O–H groups in total. The van der Waals surface area contributed by atoms with Gasteiger partial charge in [0.25, 0.3) is 0 Å². The number of hydrogen-bond donors (Lipinski definition) is 1. The number of sulfonamides is 1. The fourth-order valence-electron chi connectivity index (χ4n) is 3.94. The molecular weight excluding hydrogens is 374 g/mol. The SMILES string of the molecule is O=C(CN(CC1CC1)C1CC1)Nc1ccc(S(=O)(=O)N2CCCCCC2)cc1. The van der Waals surface area contributed by atoms with Gasteiger partial charge in [0.05, 0.1) is 11.4 Å². The van der Waals surface area contributed by atoms with Gasteiger partial charge in [-0.1, -0.05) is 12.8 Å². The van der Waals surface area contributed by atoms with Gasteiger partial charge >= 0.3 is 0 Å². The van der Waals surface area contributed by atoms with Crippen molar-refractivity contribution in [1.29, 1.82) is 0 Å². The number of rotatable bonds is 8. The van der Waals surface area contributed by atoms with Crippen molar-refractivity contribution in [2.45, 2.75) is 62.3 Å². The van der Waals surface area contributed by atoms with Crippen LogP contribution in [0.3, 0.4) is 0 Å². The summed E-state index contributed by atoms with van der Waals surface area (Å²) in [5, 5.41) is 2.93. The molecule has 0 unspecified atom stereocenters. The molecular formula is C21H31N3O3S. The predicted octanol–water partition coefficient (Wildman–Crippen LogP) is 3.06. The van der Waals surface area contributed by atoms with Crippen LogP contribution in [0.25, 0.3) is 0 Å². The maximum absolute atomic E-state index is 12.8. The Bertz CT molecular complexity index is 778. The zero-order valence-electron chi connectivity index (χ0n) is 16.5. The van der Waals surface area contributed by atoms with Crippen LogP contribution >= 0.6 is 0 Å². The maximum atomic E-state index is 12.8. The van der Waals surface area contributed by atoms with E-state index in [1.807, 2.05) is 0 Å². The highest BCUT2D eigenvalue weighted by Gasteiger charge is 2.34. The van der Waals surface area contributed by atoms with Gasteiger partial charge < -0.3 is 5.32 Å². The summed E-state index contributed by atoms with van der Waals surface area (Å²) in [5.41, 5.74) is 0.655. The number of anilines is 1. The Hall–Kier alpha value is -1.44. The smallest absolute Gasteiger partial charge is 0.243 e. The molecule has 1 aromatic rings. The molecule has 28 heavy (non-hydrogen) atoms. The topological polar surface area (TPSA) is 69.7 Å². The van der Waals surface area contributed by atoms with E-state index >= 15 is 0 Å². The first-order valence-corrected chi connectivity index (χ1v) is 12.1. The Balaban J connectivity index is 1.35. The van der Waals surface area contributed by atoms with E-state index in [1.54, 1.807) is 28.6 Å². The summed E-state index contributed by atoms with van der Waals surface area (Å²) in [6.07, 6.45) is 9.00. The number of nitrogens with one attached hydrogen (secondary N) is 1. The number of amides is 1. The number of benzene rings is 1. The molecule has 6 nitrogen and oxygen atoms in total. The second-order valence-electron chi connectivity index (χ2n) is 8.49. The third-order valence-electron chi connectivity index (χ3n) is 5.94. The van der Waals surface area contributed by atoms with Gasteiger partial charge in [-0.05, 0) is 68.7 Å². The average Bonchev–Trinajstić information content (AvgIpc) is 3.56. The van der Waals surface area contributed by atoms with Crippen LogP contribution in [-0.2, 0) is 14.8 Å². The third-order valence-corrected chi connectivity index (χ3v) is 7.85. The van der Waals surface area contributed by atoms with E-state index in [2.05, 4.69) is 10.2 Å². The summed E-state index contributed by atoms with van der Waals surface area (Å²) in [7, 11) is -3.45. The van der Waals surface area contributed by atoms with Crippen LogP contribution in [-0.4, -0.2) is 55.8 Å². The lowest BCUT2D eigenvalue weighted by Crippen LogP contribution is -2.36. The summed E-state index contributed by atoms with van der Waals surface area (Å²) >= 11 is 0. The van der Waals surface area contributed by atoms with Gasteiger partial charge in [0, 0.05) is 31.4 Å². The minimum absolute atomic E-state index is 0.0179. The van der Waals surface area contributed by atoms with Crippen molar-refractivity contribution in [3.05, 3.63) is 24.3 Å². The molecule has 0 bridgehead atoms. The lowest BCUT2D eigenvalue weighted by atomic mass is 10.2. The molecule has 1 saturated heterocycles. The number of hydrogen-bond acceptors (Lipinski definition) is 4. The molecule has 1 aromatic carbocycles. The predicted molar refractivity (Wildman–Crippen MR) is 110 cm³/mol. The molecule has 3 aliphatic rings. The fraction of sp³-hybridized carbons (Fsp3) is 0.667. The van der Waals surface area contributed by atoms with Crippen LogP contribution in [0, 0.1) is 5.92 Å². The second-order valence-corrected chi connectivity index (χ2v) is 10.4. The Labute approximate surface area is 168 Å². The van der Waals surface area contributed by atoms with Crippen molar-refractivity contribution in [2.24, 2.45) is 5.92 Å². The summed E-state index contributed by atoms with van der Waals surface area (Å²) in [6, 6.07) is 7.19. The van der Waals surface area contributed by atoms with Crippen molar-refractivity contribution >= 4 is 21.6 Å². The van der Waals surface area contributed by atoms with Gasteiger partial charge in [0.2, 0.25) is 15.9 Å². The summed E-state index contributed by atoms with van der Waals surface area (Å²) in [5.74, 6) is 0.757. The van der Waals surface area contributed by atoms with Gasteiger partial charge in [-0.3, -0.25) is 9.69 Å². The van der Waals surface area contributed by atoms with Crippen LogP contribution in [0.15, 0.2) is 29.2 Å². The van der Waals surface area contributed by atoms with Gasteiger partial charge in [-0.2, -0.15) is 4.31 Å². The molecule has 1 heterocycles. The lowest BCUT2D eigenvalue weighted by molar-refractivity contribution is -0.117. The molecule has 0 radical (unpaired) electrons. The van der Waals surface area contributed by atoms with Gasteiger partial charge in [-0.25, -0.2) is 8.42 Å². The minimum atomic E-state index is -3.45. The largest absolute Gasteiger partial charge is 0.325 e. The second kappa shape index (κ2) is 8.51. The molecule has 154 valence electrons. The highest BCUT2D eigenvalue weighted by atomic mass is 32.2. The standard InChI is InChI=1S/C21H31N3O3S/c25-21(16-23(19-9-10-19)15-17-5-6-17)22-18-7-11-20(12-8-18)28(26,27)24-13-3-1-2-4-14-24/h7-8,11-12,17,19H,1-6,9-10,13-16H2,(H,22,25). The first-order chi connectivity index (χ1) is 13.5. The number of carbonyl (C=O) groups excluding carboxylic acids is 1. The summed E-state index contributed by atoms with van der Waals surface area (Å²) < 4.78 is 27.3. The van der Waals surface area contributed by atoms with E-state index in [-0.39, 0.29) is 5.91 Å². The molecule has 0 spiro atoms. The minimum Gasteiger partial charge on any atom is -0.325 e. The Morgan fingerprint density at radius 1 is 1.00 bits per heavy atom. The molecule has 0 aromatic heterocycles. The molecule has 2 aliphatic carbocycles. The van der Waals surface area contributed by atoms with Crippen molar-refractivity contribution in [1.82, 2.24) is 9.21 Å². The van der Waals surface area contributed by atoms with E-state index in [4.69, 9.17) is 0 Å². The molecule has 1 amide bonds. The van der Waals surface area contributed by atoms with Gasteiger partial charge in [0.15, 0.2) is 0 Å². The summed E-state index contributed by atoms with van der Waals surface area (Å²) in [6.45, 7) is 2.65. The quantitative estimate of drug-likeness (QED) is 0.722. The first kappa shape index (κ1) is 19.9. The normalized spacial score (nSPS) is 21.5. The third kappa shape index (κ3) is 5.13. The number of carbonyl (C=O) groups is 1. The Morgan fingerprint density at radius 2 is 1.64 bits per heavy atom. The van der Waals surface area contributed by atoms with Crippen LogP contribution in [0.1, 0.15) is 51.4 Å². The molecule has 2 saturated carbocycles. The van der Waals surface area contributed by atoms with E-state index in [1.165, 1.54) is 25.7 Å². The molecule has 0 atom stereocenters. The zero-order chi connectivity index (χ0) is 19.6.